The Balaban J connectivity index is 2.73. The van der Waals surface area contributed by atoms with Crippen LogP contribution in [0.4, 0.5) is 5.82 Å². The third-order valence-corrected chi connectivity index (χ3v) is 2.76. The van der Waals surface area contributed by atoms with E-state index in [0.717, 1.165) is 0 Å². The molecule has 1 rings (SSSR count). The molecule has 1 unspecified atom stereocenters. The minimum Gasteiger partial charge on any atom is -0.478 e. The first-order valence-electron chi connectivity index (χ1n) is 5.28. The van der Waals surface area contributed by atoms with Crippen LogP contribution in [0.3, 0.4) is 0 Å². The average Bonchev–Trinajstić information content (AvgIpc) is 2.27. The lowest BCUT2D eigenvalue weighted by atomic mass is 10.1. The molecule has 0 aromatic carbocycles. The number of aliphatic hydroxyl groups excluding tert-OH is 1. The third kappa shape index (κ3) is 4.32. The van der Waals surface area contributed by atoms with Gasteiger partial charge in [-0.15, -0.1) is 0 Å². The van der Waals surface area contributed by atoms with Crippen LogP contribution >= 0.6 is 15.9 Å². The van der Waals surface area contributed by atoms with Gasteiger partial charge < -0.3 is 15.5 Å². The van der Waals surface area contributed by atoms with Gasteiger partial charge >= 0.3 is 5.97 Å². The zero-order valence-corrected chi connectivity index (χ0v) is 11.1. The maximum atomic E-state index is 11.0. The van der Waals surface area contributed by atoms with Crippen LogP contribution in [0.1, 0.15) is 23.7 Å². The van der Waals surface area contributed by atoms with Gasteiger partial charge in [0.2, 0.25) is 0 Å². The molecule has 1 atom stereocenters. The van der Waals surface area contributed by atoms with Crippen LogP contribution < -0.4 is 5.32 Å². The minimum absolute atomic E-state index is 0.127. The fourth-order valence-corrected chi connectivity index (χ4v) is 1.67. The molecule has 0 amide bonds. The van der Waals surface area contributed by atoms with E-state index in [9.17, 15) is 4.79 Å². The molecule has 6 heteroatoms. The first kappa shape index (κ1) is 13.9. The van der Waals surface area contributed by atoms with E-state index >= 15 is 0 Å². The number of carboxylic acid groups (broad SMARTS) is 1. The molecule has 0 aliphatic carbocycles. The van der Waals surface area contributed by atoms with Gasteiger partial charge in [-0.1, -0.05) is 6.92 Å². The van der Waals surface area contributed by atoms with E-state index in [4.69, 9.17) is 10.2 Å². The van der Waals surface area contributed by atoms with Crippen molar-refractivity contribution in [1.29, 1.82) is 0 Å². The number of nitrogens with one attached hydrogen (secondary N) is 1. The lowest BCUT2D eigenvalue weighted by Gasteiger charge is -2.13. The summed E-state index contributed by atoms with van der Waals surface area (Å²) in [5.74, 6) is -0.409. The number of hydrogen-bond acceptors (Lipinski definition) is 4. The maximum Gasteiger partial charge on any atom is 0.339 e. The average molecular weight is 303 g/mol. The van der Waals surface area contributed by atoms with E-state index in [1.807, 2.05) is 6.92 Å². The van der Waals surface area contributed by atoms with Crippen molar-refractivity contribution in [2.45, 2.75) is 13.3 Å². The van der Waals surface area contributed by atoms with E-state index in [-0.39, 0.29) is 18.1 Å². The van der Waals surface area contributed by atoms with Crippen LogP contribution in [0.2, 0.25) is 0 Å². The van der Waals surface area contributed by atoms with Crippen molar-refractivity contribution in [1.82, 2.24) is 4.98 Å². The largest absolute Gasteiger partial charge is 0.478 e. The number of rotatable bonds is 6. The highest BCUT2D eigenvalue weighted by Gasteiger charge is 2.12. The molecule has 1 aromatic rings. The molecule has 3 N–H and O–H groups in total. The number of pyridine rings is 1. The Labute approximate surface area is 108 Å². The number of carbonyl (C=O) groups is 1. The second kappa shape index (κ2) is 6.56. The van der Waals surface area contributed by atoms with Gasteiger partial charge in [-0.05, 0) is 34.3 Å². The summed E-state index contributed by atoms with van der Waals surface area (Å²) in [7, 11) is 0. The van der Waals surface area contributed by atoms with Gasteiger partial charge in [0.15, 0.2) is 0 Å². The second-order valence-corrected chi connectivity index (χ2v) is 4.77. The number of nitrogens with zero attached hydrogens (tertiary/aromatic N) is 1. The lowest BCUT2D eigenvalue weighted by Crippen LogP contribution is -2.15. The zero-order valence-electron chi connectivity index (χ0n) is 9.48. The van der Waals surface area contributed by atoms with Crippen molar-refractivity contribution in [3.63, 3.8) is 0 Å². The fourth-order valence-electron chi connectivity index (χ4n) is 1.34. The summed E-state index contributed by atoms with van der Waals surface area (Å²) in [5.41, 5.74) is 0.135. The Hall–Kier alpha value is -1.14. The maximum absolute atomic E-state index is 11.0. The van der Waals surface area contributed by atoms with Crippen molar-refractivity contribution in [2.75, 3.05) is 18.5 Å². The van der Waals surface area contributed by atoms with Crippen molar-refractivity contribution >= 4 is 27.7 Å². The number of halogens is 1. The van der Waals surface area contributed by atoms with Gasteiger partial charge in [0.1, 0.15) is 11.4 Å². The highest BCUT2D eigenvalue weighted by molar-refractivity contribution is 9.10. The number of aliphatic hydroxyl groups is 1. The zero-order chi connectivity index (χ0) is 12.8. The number of aromatic carboxylic acids is 1. The van der Waals surface area contributed by atoms with Gasteiger partial charge in [0.05, 0.1) is 0 Å². The molecular formula is C11H15BrN2O3. The van der Waals surface area contributed by atoms with Gasteiger partial charge in [-0.2, -0.15) is 0 Å². The first-order chi connectivity index (χ1) is 8.04. The van der Waals surface area contributed by atoms with Gasteiger partial charge in [-0.25, -0.2) is 9.78 Å². The summed E-state index contributed by atoms with van der Waals surface area (Å²) in [6.07, 6.45) is 2.22. The molecule has 94 valence electrons. The second-order valence-electron chi connectivity index (χ2n) is 3.85. The molecule has 5 nitrogen and oxygen atoms in total. The Kier molecular flexibility index (Phi) is 5.37. The Bertz CT molecular complexity index is 398. The number of hydrogen-bond donors (Lipinski definition) is 3. The first-order valence-corrected chi connectivity index (χ1v) is 6.07. The summed E-state index contributed by atoms with van der Waals surface area (Å²) in [5, 5.41) is 20.8. The molecule has 1 aromatic heterocycles. The van der Waals surface area contributed by atoms with Crippen molar-refractivity contribution in [3.05, 3.63) is 22.3 Å². The minimum atomic E-state index is -1.02. The van der Waals surface area contributed by atoms with Crippen LogP contribution in [0.25, 0.3) is 0 Å². The highest BCUT2D eigenvalue weighted by atomic mass is 79.9. The van der Waals surface area contributed by atoms with Crippen LogP contribution in [0.15, 0.2) is 16.7 Å². The number of anilines is 1. The molecule has 0 aliphatic heterocycles. The van der Waals surface area contributed by atoms with E-state index in [1.165, 1.54) is 6.07 Å². The van der Waals surface area contributed by atoms with Crippen LogP contribution in [0, 0.1) is 5.92 Å². The number of aromatic nitrogens is 1. The third-order valence-electron chi connectivity index (χ3n) is 2.32. The molecule has 0 bridgehead atoms. The molecule has 0 aliphatic rings. The summed E-state index contributed by atoms with van der Waals surface area (Å²) >= 11 is 3.18. The van der Waals surface area contributed by atoms with Crippen LogP contribution in [0.5, 0.6) is 0 Å². The molecule has 0 spiro atoms. The molecule has 0 radical (unpaired) electrons. The van der Waals surface area contributed by atoms with Crippen LogP contribution in [-0.2, 0) is 0 Å². The van der Waals surface area contributed by atoms with E-state index in [2.05, 4.69) is 26.2 Å². The SMILES string of the molecule is CC(CCO)CNc1ncc(Br)cc1C(=O)O. The van der Waals surface area contributed by atoms with Gasteiger partial charge in [0, 0.05) is 23.8 Å². The predicted octanol–water partition coefficient (Wildman–Crippen LogP) is 1.97. The van der Waals surface area contributed by atoms with Gasteiger partial charge in [0.25, 0.3) is 0 Å². The van der Waals surface area contributed by atoms with Crippen molar-refractivity contribution in [3.8, 4) is 0 Å². The standard InChI is InChI=1S/C11H15BrN2O3/c1-7(2-3-15)5-13-10-9(11(16)17)4-8(12)6-14-10/h4,6-7,15H,2-3,5H2,1H3,(H,13,14)(H,16,17). The van der Waals surface area contributed by atoms with Gasteiger partial charge in [-0.3, -0.25) is 0 Å². The molecule has 0 saturated carbocycles. The quantitative estimate of drug-likeness (QED) is 0.748. The molecule has 0 saturated heterocycles. The van der Waals surface area contributed by atoms with E-state index in [0.29, 0.717) is 23.3 Å². The van der Waals surface area contributed by atoms with Crippen molar-refractivity contribution in [2.24, 2.45) is 5.92 Å². The molecule has 1 heterocycles. The molecule has 0 fully saturated rings. The Morgan fingerprint density at radius 1 is 1.65 bits per heavy atom. The molecular weight excluding hydrogens is 288 g/mol. The highest BCUT2D eigenvalue weighted by Crippen LogP contribution is 2.18. The summed E-state index contributed by atoms with van der Waals surface area (Å²) in [6.45, 7) is 2.68. The summed E-state index contributed by atoms with van der Waals surface area (Å²) in [6, 6.07) is 1.51. The topological polar surface area (TPSA) is 82.5 Å². The monoisotopic (exact) mass is 302 g/mol. The van der Waals surface area contributed by atoms with Crippen LogP contribution in [-0.4, -0.2) is 34.3 Å². The van der Waals surface area contributed by atoms with Crippen molar-refractivity contribution < 1.29 is 15.0 Å². The predicted molar refractivity (Wildman–Crippen MR) is 68.3 cm³/mol. The summed E-state index contributed by atoms with van der Waals surface area (Å²) in [4.78, 5) is 15.0. The fraction of sp³-hybridized carbons (Fsp3) is 0.455. The summed E-state index contributed by atoms with van der Waals surface area (Å²) < 4.78 is 0.629. The smallest absolute Gasteiger partial charge is 0.339 e. The lowest BCUT2D eigenvalue weighted by molar-refractivity contribution is 0.0697. The number of carboxylic acids is 1. The normalized spacial score (nSPS) is 12.2. The Morgan fingerprint density at radius 2 is 2.35 bits per heavy atom. The molecule has 17 heavy (non-hydrogen) atoms. The van der Waals surface area contributed by atoms with E-state index < -0.39 is 5.97 Å². The van der Waals surface area contributed by atoms with E-state index in [1.54, 1.807) is 6.20 Å². The Morgan fingerprint density at radius 3 is 2.94 bits per heavy atom.